The largest absolute Gasteiger partial charge is 0.135 e. The molecular formula is C46H28S. The number of benzene rings is 9. The number of rotatable bonds is 3. The summed E-state index contributed by atoms with van der Waals surface area (Å²) in [4.78, 5) is 0. The van der Waals surface area contributed by atoms with Gasteiger partial charge in [-0.15, -0.1) is 11.3 Å². The Hall–Kier alpha value is -5.76. The fraction of sp³-hybridized carbons (Fsp3) is 0. The first-order valence-corrected chi connectivity index (χ1v) is 17.0. The van der Waals surface area contributed by atoms with E-state index in [2.05, 4.69) is 170 Å². The molecule has 1 aromatic heterocycles. The van der Waals surface area contributed by atoms with E-state index in [1.807, 2.05) is 11.3 Å². The molecule has 0 nitrogen and oxygen atoms in total. The molecule has 0 N–H and O–H groups in total. The van der Waals surface area contributed by atoms with Gasteiger partial charge in [-0.25, -0.2) is 0 Å². The molecular weight excluding hydrogens is 585 g/mol. The first-order valence-electron chi connectivity index (χ1n) is 16.2. The predicted molar refractivity (Wildman–Crippen MR) is 206 cm³/mol. The summed E-state index contributed by atoms with van der Waals surface area (Å²) in [6.45, 7) is 0. The molecule has 1 heterocycles. The van der Waals surface area contributed by atoms with Gasteiger partial charge in [-0.05, 0) is 101 Å². The zero-order valence-electron chi connectivity index (χ0n) is 25.6. The highest BCUT2D eigenvalue weighted by atomic mass is 32.1. The maximum atomic E-state index is 2.38. The molecule has 0 saturated carbocycles. The molecule has 0 unspecified atom stereocenters. The molecule has 1 heteroatoms. The maximum absolute atomic E-state index is 2.38. The molecule has 10 aromatic rings. The molecule has 0 saturated heterocycles. The fourth-order valence-electron chi connectivity index (χ4n) is 7.64. The summed E-state index contributed by atoms with van der Waals surface area (Å²) in [7, 11) is 0. The second kappa shape index (κ2) is 10.4. The van der Waals surface area contributed by atoms with E-state index in [1.165, 1.54) is 96.6 Å². The molecule has 0 radical (unpaired) electrons. The average molecular weight is 613 g/mol. The van der Waals surface area contributed by atoms with Gasteiger partial charge in [-0.1, -0.05) is 146 Å². The van der Waals surface area contributed by atoms with E-state index in [1.54, 1.807) is 0 Å². The molecule has 9 aromatic carbocycles. The lowest BCUT2D eigenvalue weighted by Crippen LogP contribution is -1.91. The standard InChI is InChI=1S/C46H28S/c1-2-12-33-28-44-42(26-32(33)11-1)41-27-34(24-25-43(41)47-44)29-20-22-31(23-21-29)45-37-15-5-7-17-39(37)46(40-18-8-6-16-38(40)45)36-19-9-13-30-10-3-4-14-35(30)36/h1-28H. The highest BCUT2D eigenvalue weighted by Gasteiger charge is 2.18. The molecule has 0 fully saturated rings. The van der Waals surface area contributed by atoms with Crippen LogP contribution in [-0.4, -0.2) is 0 Å². The summed E-state index contributed by atoms with van der Waals surface area (Å²) in [6.07, 6.45) is 0. The highest BCUT2D eigenvalue weighted by molar-refractivity contribution is 7.25. The van der Waals surface area contributed by atoms with Crippen molar-refractivity contribution in [1.29, 1.82) is 0 Å². The van der Waals surface area contributed by atoms with Crippen molar-refractivity contribution in [2.24, 2.45) is 0 Å². The Bertz CT molecular complexity index is 2770. The van der Waals surface area contributed by atoms with Crippen LogP contribution >= 0.6 is 11.3 Å². The molecule has 0 aliphatic carbocycles. The van der Waals surface area contributed by atoms with Gasteiger partial charge in [-0.3, -0.25) is 0 Å². The van der Waals surface area contributed by atoms with E-state index in [4.69, 9.17) is 0 Å². The van der Waals surface area contributed by atoms with Crippen LogP contribution in [0, 0.1) is 0 Å². The Morgan fingerprint density at radius 2 is 0.787 bits per heavy atom. The lowest BCUT2D eigenvalue weighted by atomic mass is 9.84. The van der Waals surface area contributed by atoms with Crippen molar-refractivity contribution in [2.45, 2.75) is 0 Å². The van der Waals surface area contributed by atoms with Gasteiger partial charge in [0.05, 0.1) is 0 Å². The Morgan fingerprint density at radius 1 is 0.277 bits per heavy atom. The Morgan fingerprint density at radius 3 is 1.49 bits per heavy atom. The lowest BCUT2D eigenvalue weighted by molar-refractivity contribution is 1.64. The number of hydrogen-bond acceptors (Lipinski definition) is 1. The number of fused-ring (bicyclic) bond motifs is 7. The number of thiophene rings is 1. The van der Waals surface area contributed by atoms with Gasteiger partial charge in [0.1, 0.15) is 0 Å². The van der Waals surface area contributed by atoms with Gasteiger partial charge in [0.2, 0.25) is 0 Å². The third-order valence-corrected chi connectivity index (χ3v) is 11.0. The van der Waals surface area contributed by atoms with Crippen molar-refractivity contribution >= 4 is 74.6 Å². The molecule has 0 amide bonds. The predicted octanol–water partition coefficient (Wildman–Crippen LogP) is 13.7. The van der Waals surface area contributed by atoms with Gasteiger partial charge in [0.25, 0.3) is 0 Å². The summed E-state index contributed by atoms with van der Waals surface area (Å²) in [5.74, 6) is 0. The van der Waals surface area contributed by atoms with Gasteiger partial charge in [-0.2, -0.15) is 0 Å². The van der Waals surface area contributed by atoms with Crippen LogP contribution in [0.2, 0.25) is 0 Å². The summed E-state index contributed by atoms with van der Waals surface area (Å²) in [5, 5.41) is 12.9. The smallest absolute Gasteiger partial charge is 0.0361 e. The zero-order valence-corrected chi connectivity index (χ0v) is 26.4. The third-order valence-electron chi connectivity index (χ3n) is 9.83. The SMILES string of the molecule is c1ccc2cc3c(cc2c1)sc1ccc(-c2ccc(-c4c5ccccc5c(-c5cccc6ccccc56)c5ccccc45)cc2)cc13. The van der Waals surface area contributed by atoms with Crippen molar-refractivity contribution in [2.75, 3.05) is 0 Å². The Kier molecular flexibility index (Phi) is 5.85. The minimum absolute atomic E-state index is 1.23. The van der Waals surface area contributed by atoms with Crippen LogP contribution in [0.15, 0.2) is 170 Å². The summed E-state index contributed by atoms with van der Waals surface area (Å²) in [5.41, 5.74) is 7.59. The molecule has 10 rings (SSSR count). The highest BCUT2D eigenvalue weighted by Crippen LogP contribution is 2.45. The second-order valence-electron chi connectivity index (χ2n) is 12.5. The quantitative estimate of drug-likeness (QED) is 0.174. The van der Waals surface area contributed by atoms with Crippen molar-refractivity contribution in [3.63, 3.8) is 0 Å². The summed E-state index contributed by atoms with van der Waals surface area (Å²) >= 11 is 1.88. The molecule has 0 aliphatic rings. The molecule has 0 bridgehead atoms. The number of hydrogen-bond donors (Lipinski definition) is 0. The molecule has 47 heavy (non-hydrogen) atoms. The minimum atomic E-state index is 1.23. The van der Waals surface area contributed by atoms with Gasteiger partial charge in [0, 0.05) is 20.2 Å². The van der Waals surface area contributed by atoms with Gasteiger partial charge in [0.15, 0.2) is 0 Å². The van der Waals surface area contributed by atoms with Crippen LogP contribution in [0.1, 0.15) is 0 Å². The van der Waals surface area contributed by atoms with Crippen molar-refractivity contribution < 1.29 is 0 Å². The second-order valence-corrected chi connectivity index (χ2v) is 13.5. The summed E-state index contributed by atoms with van der Waals surface area (Å²) in [6, 6.07) is 62.8. The molecule has 0 spiro atoms. The van der Waals surface area contributed by atoms with Crippen molar-refractivity contribution in [3.05, 3.63) is 170 Å². The maximum Gasteiger partial charge on any atom is 0.0361 e. The fourth-order valence-corrected chi connectivity index (χ4v) is 8.76. The van der Waals surface area contributed by atoms with Crippen LogP contribution in [0.3, 0.4) is 0 Å². The normalized spacial score (nSPS) is 11.8. The van der Waals surface area contributed by atoms with E-state index >= 15 is 0 Å². The first-order chi connectivity index (χ1) is 23.3. The van der Waals surface area contributed by atoms with Gasteiger partial charge >= 0.3 is 0 Å². The zero-order chi connectivity index (χ0) is 30.9. The van der Waals surface area contributed by atoms with E-state index in [0.29, 0.717) is 0 Å². The molecule has 0 aliphatic heterocycles. The van der Waals surface area contributed by atoms with Crippen molar-refractivity contribution in [1.82, 2.24) is 0 Å². The van der Waals surface area contributed by atoms with Crippen LogP contribution in [0.5, 0.6) is 0 Å². The van der Waals surface area contributed by atoms with E-state index in [9.17, 15) is 0 Å². The third kappa shape index (κ3) is 4.14. The minimum Gasteiger partial charge on any atom is -0.135 e. The van der Waals surface area contributed by atoms with Crippen LogP contribution in [0.25, 0.3) is 96.6 Å². The topological polar surface area (TPSA) is 0 Å². The van der Waals surface area contributed by atoms with Crippen LogP contribution < -0.4 is 0 Å². The van der Waals surface area contributed by atoms with E-state index in [0.717, 1.165) is 0 Å². The van der Waals surface area contributed by atoms with Crippen LogP contribution in [0.4, 0.5) is 0 Å². The molecule has 218 valence electrons. The Labute approximate surface area is 276 Å². The monoisotopic (exact) mass is 612 g/mol. The van der Waals surface area contributed by atoms with Crippen molar-refractivity contribution in [3.8, 4) is 33.4 Å². The molecule has 0 atom stereocenters. The first kappa shape index (κ1) is 26.5. The summed E-state index contributed by atoms with van der Waals surface area (Å²) < 4.78 is 2.68. The van der Waals surface area contributed by atoms with Gasteiger partial charge < -0.3 is 0 Å². The van der Waals surface area contributed by atoms with E-state index in [-0.39, 0.29) is 0 Å². The average Bonchev–Trinajstić information content (AvgIpc) is 3.49. The van der Waals surface area contributed by atoms with Crippen LogP contribution in [-0.2, 0) is 0 Å². The lowest BCUT2D eigenvalue weighted by Gasteiger charge is -2.19. The Balaban J connectivity index is 1.14. The van der Waals surface area contributed by atoms with E-state index < -0.39 is 0 Å².